The highest BCUT2D eigenvalue weighted by atomic mass is 32.1. The van der Waals surface area contributed by atoms with Crippen molar-refractivity contribution in [3.8, 4) is 0 Å². The average Bonchev–Trinajstić information content (AvgIpc) is 2.73. The summed E-state index contributed by atoms with van der Waals surface area (Å²) in [6.07, 6.45) is 6.56. The van der Waals surface area contributed by atoms with Crippen LogP contribution in [0.2, 0.25) is 0 Å². The van der Waals surface area contributed by atoms with Crippen LogP contribution in [-0.2, 0) is 9.59 Å². The molecule has 0 radical (unpaired) electrons. The van der Waals surface area contributed by atoms with E-state index in [4.69, 9.17) is 0 Å². The van der Waals surface area contributed by atoms with E-state index in [-0.39, 0.29) is 29.3 Å². The molecule has 14 heavy (non-hydrogen) atoms. The van der Waals surface area contributed by atoms with Crippen molar-refractivity contribution in [1.29, 1.82) is 0 Å². The summed E-state index contributed by atoms with van der Waals surface area (Å²) >= 11 is 4.06. The molecular weight excluding hydrogens is 196 g/mol. The topological polar surface area (TPSA) is 34.1 Å². The fraction of sp³-hybridized carbons (Fsp3) is 0.455. The van der Waals surface area contributed by atoms with Crippen LogP contribution in [0.4, 0.5) is 0 Å². The Morgan fingerprint density at radius 2 is 1.79 bits per heavy atom. The Bertz CT molecular complexity index is 394. The Morgan fingerprint density at radius 3 is 2.50 bits per heavy atom. The molecule has 0 heterocycles. The lowest BCUT2D eigenvalue weighted by atomic mass is 9.75. The molecule has 1 fully saturated rings. The Labute approximate surface area is 87.5 Å². The predicted octanol–water partition coefficient (Wildman–Crippen LogP) is 1.39. The van der Waals surface area contributed by atoms with Gasteiger partial charge < -0.3 is 0 Å². The zero-order chi connectivity index (χ0) is 9.87. The molecule has 0 aromatic carbocycles. The molecule has 0 aliphatic heterocycles. The summed E-state index contributed by atoms with van der Waals surface area (Å²) in [5, 5.41) is 0. The summed E-state index contributed by atoms with van der Waals surface area (Å²) < 4.78 is 0. The van der Waals surface area contributed by atoms with Gasteiger partial charge in [0.1, 0.15) is 0 Å². The molecule has 0 aromatic rings. The van der Waals surface area contributed by atoms with Crippen molar-refractivity contribution >= 4 is 24.2 Å². The zero-order valence-electron chi connectivity index (χ0n) is 7.51. The first-order valence-electron chi connectivity index (χ1n) is 4.85. The molecule has 2 unspecified atom stereocenters. The van der Waals surface area contributed by atoms with E-state index in [1.807, 2.05) is 0 Å². The third-order valence-corrected chi connectivity index (χ3v) is 3.97. The first-order chi connectivity index (χ1) is 6.68. The van der Waals surface area contributed by atoms with Crippen molar-refractivity contribution in [2.24, 2.45) is 23.7 Å². The van der Waals surface area contributed by atoms with Crippen molar-refractivity contribution in [1.82, 2.24) is 0 Å². The first kappa shape index (κ1) is 8.48. The predicted molar refractivity (Wildman–Crippen MR) is 54.8 cm³/mol. The van der Waals surface area contributed by atoms with Crippen LogP contribution in [0.5, 0.6) is 0 Å². The van der Waals surface area contributed by atoms with Crippen LogP contribution in [0.1, 0.15) is 6.42 Å². The third kappa shape index (κ3) is 0.883. The van der Waals surface area contributed by atoms with E-state index >= 15 is 0 Å². The smallest absolute Gasteiger partial charge is 0.173 e. The van der Waals surface area contributed by atoms with Crippen molar-refractivity contribution in [3.05, 3.63) is 23.1 Å². The SMILES string of the molecule is O=C1C(S)=CC(=O)C2C1[C@@H]1C=C[C@H]2C1. The molecule has 3 aliphatic rings. The Morgan fingerprint density at radius 1 is 1.14 bits per heavy atom. The van der Waals surface area contributed by atoms with Crippen molar-refractivity contribution in [2.75, 3.05) is 0 Å². The van der Waals surface area contributed by atoms with Crippen LogP contribution >= 0.6 is 12.6 Å². The van der Waals surface area contributed by atoms with Crippen molar-refractivity contribution < 1.29 is 9.59 Å². The quantitative estimate of drug-likeness (QED) is 0.480. The Kier molecular flexibility index (Phi) is 1.57. The minimum absolute atomic E-state index is 0.0646. The van der Waals surface area contributed by atoms with Gasteiger partial charge in [-0.3, -0.25) is 9.59 Å². The molecule has 0 saturated heterocycles. The van der Waals surface area contributed by atoms with Gasteiger partial charge in [-0.15, -0.1) is 12.6 Å². The fourth-order valence-electron chi connectivity index (χ4n) is 3.04. The lowest BCUT2D eigenvalue weighted by Gasteiger charge is -2.28. The van der Waals surface area contributed by atoms with Gasteiger partial charge in [0, 0.05) is 11.8 Å². The number of Topliss-reactive ketones (excluding diaryl/α,β-unsaturated/α-hetero) is 1. The highest BCUT2D eigenvalue weighted by molar-refractivity contribution is 7.85. The number of ketones is 2. The summed E-state index contributed by atoms with van der Waals surface area (Å²) in [5.41, 5.74) is 0. The number of carbonyl (C=O) groups excluding carboxylic acids is 2. The summed E-state index contributed by atoms with van der Waals surface area (Å²) in [5.74, 6) is 0.575. The zero-order valence-corrected chi connectivity index (χ0v) is 8.41. The van der Waals surface area contributed by atoms with Crippen LogP contribution in [0.15, 0.2) is 23.1 Å². The number of fused-ring (bicyclic) bond motifs is 5. The molecule has 0 spiro atoms. The summed E-state index contributed by atoms with van der Waals surface area (Å²) in [7, 11) is 0. The van der Waals surface area contributed by atoms with E-state index in [0.29, 0.717) is 10.8 Å². The summed E-state index contributed by atoms with van der Waals surface area (Å²) in [6, 6.07) is 0. The molecule has 2 nitrogen and oxygen atoms in total. The third-order valence-electron chi connectivity index (χ3n) is 3.62. The maximum absolute atomic E-state index is 11.8. The Balaban J connectivity index is 2.10. The van der Waals surface area contributed by atoms with Crippen LogP contribution < -0.4 is 0 Å². The second-order valence-corrected chi connectivity index (χ2v) is 4.78. The van der Waals surface area contributed by atoms with Crippen LogP contribution in [0, 0.1) is 23.7 Å². The molecule has 3 aliphatic carbocycles. The van der Waals surface area contributed by atoms with Gasteiger partial charge in [0.15, 0.2) is 11.6 Å². The number of hydrogen-bond donors (Lipinski definition) is 1. The van der Waals surface area contributed by atoms with Gasteiger partial charge in [-0.2, -0.15) is 0 Å². The van der Waals surface area contributed by atoms with Gasteiger partial charge in [-0.25, -0.2) is 0 Å². The molecule has 3 heteroatoms. The minimum Gasteiger partial charge on any atom is -0.294 e. The van der Waals surface area contributed by atoms with Gasteiger partial charge in [0.05, 0.1) is 4.91 Å². The van der Waals surface area contributed by atoms with Crippen LogP contribution in [0.3, 0.4) is 0 Å². The monoisotopic (exact) mass is 206 g/mol. The van der Waals surface area contributed by atoms with E-state index in [9.17, 15) is 9.59 Å². The molecule has 0 aromatic heterocycles. The lowest BCUT2D eigenvalue weighted by molar-refractivity contribution is -0.129. The molecule has 4 atom stereocenters. The molecule has 72 valence electrons. The average molecular weight is 206 g/mol. The first-order valence-corrected chi connectivity index (χ1v) is 5.30. The molecule has 3 rings (SSSR count). The molecule has 0 N–H and O–H groups in total. The summed E-state index contributed by atoms with van der Waals surface area (Å²) in [4.78, 5) is 23.9. The minimum atomic E-state index is -0.102. The maximum atomic E-state index is 11.8. The Hall–Kier alpha value is -0.830. The molecule has 1 saturated carbocycles. The molecule has 0 amide bonds. The fourth-order valence-corrected chi connectivity index (χ4v) is 3.32. The normalized spacial score (nSPS) is 44.2. The lowest BCUT2D eigenvalue weighted by Crippen LogP contribution is -2.36. The molecule has 2 bridgehead atoms. The summed E-state index contributed by atoms with van der Waals surface area (Å²) in [6.45, 7) is 0. The second-order valence-electron chi connectivity index (χ2n) is 4.30. The highest BCUT2D eigenvalue weighted by Gasteiger charge is 2.52. The number of hydrogen-bond acceptors (Lipinski definition) is 3. The largest absolute Gasteiger partial charge is 0.294 e. The second kappa shape index (κ2) is 2.60. The number of rotatable bonds is 0. The number of carbonyl (C=O) groups is 2. The van der Waals surface area contributed by atoms with E-state index in [1.54, 1.807) is 0 Å². The van der Waals surface area contributed by atoms with E-state index in [2.05, 4.69) is 24.8 Å². The highest BCUT2D eigenvalue weighted by Crippen LogP contribution is 2.51. The van der Waals surface area contributed by atoms with Gasteiger partial charge in [0.25, 0.3) is 0 Å². The van der Waals surface area contributed by atoms with Crippen LogP contribution in [-0.4, -0.2) is 11.6 Å². The number of allylic oxidation sites excluding steroid dienone is 4. The standard InChI is InChI=1S/C11H10O2S/c12-7-4-8(14)11(13)10-6-2-1-5(3-6)9(7)10/h1-2,4-6,9-10,14H,3H2/t5-,6+,9?,10?/m0/s1. The molecular formula is C11H10O2S. The van der Waals surface area contributed by atoms with Gasteiger partial charge in [-0.05, 0) is 24.3 Å². The van der Waals surface area contributed by atoms with E-state index < -0.39 is 0 Å². The van der Waals surface area contributed by atoms with E-state index in [0.717, 1.165) is 6.42 Å². The van der Waals surface area contributed by atoms with Crippen molar-refractivity contribution in [2.45, 2.75) is 6.42 Å². The number of thiol groups is 1. The van der Waals surface area contributed by atoms with Crippen LogP contribution in [0.25, 0.3) is 0 Å². The van der Waals surface area contributed by atoms with Gasteiger partial charge in [0.2, 0.25) is 0 Å². The van der Waals surface area contributed by atoms with Crippen molar-refractivity contribution in [3.63, 3.8) is 0 Å². The van der Waals surface area contributed by atoms with Gasteiger partial charge >= 0.3 is 0 Å². The van der Waals surface area contributed by atoms with Gasteiger partial charge in [-0.1, -0.05) is 12.2 Å². The maximum Gasteiger partial charge on any atom is 0.173 e. The van der Waals surface area contributed by atoms with E-state index in [1.165, 1.54) is 6.08 Å².